The summed E-state index contributed by atoms with van der Waals surface area (Å²) in [7, 11) is 1.56. The SMILES string of the molecule is COCCN(CCC#N)c1ccc(CCl)cc1[N+](=O)[O-]. The lowest BCUT2D eigenvalue weighted by Gasteiger charge is -2.23. The topological polar surface area (TPSA) is 79.4 Å². The van der Waals surface area contributed by atoms with E-state index in [1.807, 2.05) is 6.07 Å². The largest absolute Gasteiger partial charge is 0.383 e. The van der Waals surface area contributed by atoms with E-state index in [0.717, 1.165) is 0 Å². The number of nitro benzene ring substituents is 1. The molecule has 0 radical (unpaired) electrons. The molecule has 0 fully saturated rings. The Kier molecular flexibility index (Phi) is 6.77. The molecule has 7 heteroatoms. The Labute approximate surface area is 122 Å². The number of hydrogen-bond acceptors (Lipinski definition) is 5. The summed E-state index contributed by atoms with van der Waals surface area (Å²) in [5.74, 6) is 0.220. The van der Waals surface area contributed by atoms with Crippen molar-refractivity contribution in [3.8, 4) is 6.07 Å². The maximum Gasteiger partial charge on any atom is 0.292 e. The fraction of sp³-hybridized carbons (Fsp3) is 0.462. The van der Waals surface area contributed by atoms with E-state index >= 15 is 0 Å². The van der Waals surface area contributed by atoms with Gasteiger partial charge in [0.15, 0.2) is 0 Å². The second-order valence-corrected chi connectivity index (χ2v) is 4.37. The second-order valence-electron chi connectivity index (χ2n) is 4.10. The van der Waals surface area contributed by atoms with E-state index in [1.54, 1.807) is 24.1 Å². The van der Waals surface area contributed by atoms with Crippen LogP contribution in [0.4, 0.5) is 11.4 Å². The molecule has 0 bridgehead atoms. The predicted octanol–water partition coefficient (Wildman–Crippen LogP) is 2.70. The highest BCUT2D eigenvalue weighted by Crippen LogP contribution is 2.29. The highest BCUT2D eigenvalue weighted by Gasteiger charge is 2.19. The van der Waals surface area contributed by atoms with Crippen LogP contribution in [0.25, 0.3) is 0 Å². The lowest BCUT2D eigenvalue weighted by Crippen LogP contribution is -2.28. The van der Waals surface area contributed by atoms with Gasteiger partial charge in [0.2, 0.25) is 0 Å². The molecular weight excluding hydrogens is 282 g/mol. The first kappa shape index (κ1) is 16.2. The summed E-state index contributed by atoms with van der Waals surface area (Å²) in [5, 5.41) is 19.9. The van der Waals surface area contributed by atoms with E-state index in [4.69, 9.17) is 21.6 Å². The first-order chi connectivity index (χ1) is 9.63. The maximum atomic E-state index is 11.2. The Hall–Kier alpha value is -1.84. The summed E-state index contributed by atoms with van der Waals surface area (Å²) >= 11 is 5.70. The summed E-state index contributed by atoms with van der Waals surface area (Å²) in [6.45, 7) is 1.33. The van der Waals surface area contributed by atoms with Gasteiger partial charge >= 0.3 is 0 Å². The zero-order valence-electron chi connectivity index (χ0n) is 11.2. The number of nitrogens with zero attached hydrogens (tertiary/aromatic N) is 3. The van der Waals surface area contributed by atoms with Gasteiger partial charge in [-0.05, 0) is 11.6 Å². The summed E-state index contributed by atoms with van der Waals surface area (Å²) in [6.07, 6.45) is 0.290. The molecule has 1 aromatic rings. The molecule has 0 amide bonds. The number of rotatable bonds is 8. The molecule has 108 valence electrons. The van der Waals surface area contributed by atoms with E-state index < -0.39 is 4.92 Å². The van der Waals surface area contributed by atoms with Crippen LogP contribution in [0, 0.1) is 21.4 Å². The average Bonchev–Trinajstić information content (AvgIpc) is 2.47. The number of nitriles is 1. The third kappa shape index (κ3) is 4.37. The molecule has 1 rings (SSSR count). The molecule has 0 heterocycles. The number of methoxy groups -OCH3 is 1. The van der Waals surface area contributed by atoms with Crippen LogP contribution in [0.15, 0.2) is 18.2 Å². The fourth-order valence-electron chi connectivity index (χ4n) is 1.80. The van der Waals surface area contributed by atoms with Crippen LogP contribution in [-0.2, 0) is 10.6 Å². The molecule has 0 saturated carbocycles. The van der Waals surface area contributed by atoms with Gasteiger partial charge in [-0.1, -0.05) is 6.07 Å². The van der Waals surface area contributed by atoms with E-state index in [1.165, 1.54) is 6.07 Å². The van der Waals surface area contributed by atoms with Gasteiger partial charge < -0.3 is 9.64 Å². The Bertz CT molecular complexity index is 502. The third-order valence-electron chi connectivity index (χ3n) is 2.79. The molecule has 1 aromatic carbocycles. The molecule has 6 nitrogen and oxygen atoms in total. The van der Waals surface area contributed by atoms with Gasteiger partial charge in [0.05, 0.1) is 24.0 Å². The van der Waals surface area contributed by atoms with Crippen LogP contribution >= 0.6 is 11.6 Å². The molecule has 0 aliphatic rings. The van der Waals surface area contributed by atoms with Crippen molar-refractivity contribution in [1.29, 1.82) is 5.26 Å². The van der Waals surface area contributed by atoms with Gasteiger partial charge in [-0.3, -0.25) is 10.1 Å². The first-order valence-electron chi connectivity index (χ1n) is 6.08. The number of alkyl halides is 1. The number of ether oxygens (including phenoxy) is 1. The summed E-state index contributed by atoms with van der Waals surface area (Å²) < 4.78 is 5.00. The zero-order chi connectivity index (χ0) is 15.0. The van der Waals surface area contributed by atoms with Crippen LogP contribution in [0.2, 0.25) is 0 Å². The van der Waals surface area contributed by atoms with Crippen molar-refractivity contribution in [2.24, 2.45) is 0 Å². The minimum absolute atomic E-state index is 0.00260. The second kappa shape index (κ2) is 8.35. The zero-order valence-corrected chi connectivity index (χ0v) is 12.0. The number of benzene rings is 1. The van der Waals surface area contributed by atoms with Crippen molar-refractivity contribution in [3.63, 3.8) is 0 Å². The molecule has 0 N–H and O–H groups in total. The van der Waals surface area contributed by atoms with Crippen LogP contribution < -0.4 is 4.90 Å². The number of anilines is 1. The molecule has 0 unspecified atom stereocenters. The quantitative estimate of drug-likeness (QED) is 0.419. The number of halogens is 1. The number of nitro groups is 1. The minimum atomic E-state index is -0.433. The molecule has 0 aliphatic heterocycles. The van der Waals surface area contributed by atoms with E-state index in [9.17, 15) is 10.1 Å². The van der Waals surface area contributed by atoms with E-state index in [-0.39, 0.29) is 18.0 Å². The van der Waals surface area contributed by atoms with Crippen LogP contribution in [0.3, 0.4) is 0 Å². The van der Waals surface area contributed by atoms with Gasteiger partial charge in [-0.2, -0.15) is 5.26 Å². The molecular formula is C13H16ClN3O3. The Morgan fingerprint density at radius 3 is 2.80 bits per heavy atom. The Balaban J connectivity index is 3.10. The maximum absolute atomic E-state index is 11.2. The predicted molar refractivity (Wildman–Crippen MR) is 77.0 cm³/mol. The standard InChI is InChI=1S/C13H16ClN3O3/c1-20-8-7-16(6-2-5-15)12-4-3-11(10-14)9-13(12)17(18)19/h3-4,9H,2,6-8,10H2,1H3. The fourth-order valence-corrected chi connectivity index (χ4v) is 1.97. The Morgan fingerprint density at radius 1 is 1.50 bits per heavy atom. The third-order valence-corrected chi connectivity index (χ3v) is 3.10. The van der Waals surface area contributed by atoms with Crippen LogP contribution in [0.1, 0.15) is 12.0 Å². The molecule has 0 aromatic heterocycles. The first-order valence-corrected chi connectivity index (χ1v) is 6.61. The number of hydrogen-bond donors (Lipinski definition) is 0. The van der Waals surface area contributed by atoms with Crippen LogP contribution in [0.5, 0.6) is 0 Å². The highest BCUT2D eigenvalue weighted by molar-refractivity contribution is 6.17. The van der Waals surface area contributed by atoms with Gasteiger partial charge in [0, 0.05) is 32.1 Å². The Morgan fingerprint density at radius 2 is 2.25 bits per heavy atom. The van der Waals surface area contributed by atoms with Crippen molar-refractivity contribution in [2.45, 2.75) is 12.3 Å². The lowest BCUT2D eigenvalue weighted by atomic mass is 10.1. The van der Waals surface area contributed by atoms with Crippen molar-refractivity contribution in [1.82, 2.24) is 0 Å². The monoisotopic (exact) mass is 297 g/mol. The van der Waals surface area contributed by atoms with Gasteiger partial charge in [-0.15, -0.1) is 11.6 Å². The van der Waals surface area contributed by atoms with Gasteiger partial charge in [-0.25, -0.2) is 0 Å². The van der Waals surface area contributed by atoms with Crippen molar-refractivity contribution in [3.05, 3.63) is 33.9 Å². The summed E-state index contributed by atoms with van der Waals surface area (Å²) in [6, 6.07) is 6.93. The molecule has 0 saturated heterocycles. The molecule has 20 heavy (non-hydrogen) atoms. The van der Waals surface area contributed by atoms with Crippen molar-refractivity contribution >= 4 is 23.0 Å². The van der Waals surface area contributed by atoms with E-state index in [2.05, 4.69) is 0 Å². The lowest BCUT2D eigenvalue weighted by molar-refractivity contribution is -0.384. The van der Waals surface area contributed by atoms with Gasteiger partial charge in [0.1, 0.15) is 5.69 Å². The summed E-state index contributed by atoms with van der Waals surface area (Å²) in [5.41, 5.74) is 1.17. The van der Waals surface area contributed by atoms with Gasteiger partial charge in [0.25, 0.3) is 5.69 Å². The molecule has 0 atom stereocenters. The summed E-state index contributed by atoms with van der Waals surface area (Å²) in [4.78, 5) is 12.5. The molecule has 0 aliphatic carbocycles. The smallest absolute Gasteiger partial charge is 0.292 e. The minimum Gasteiger partial charge on any atom is -0.383 e. The normalized spacial score (nSPS) is 10.1. The molecule has 0 spiro atoms. The van der Waals surface area contributed by atoms with Crippen molar-refractivity contribution < 1.29 is 9.66 Å². The van der Waals surface area contributed by atoms with E-state index in [0.29, 0.717) is 30.9 Å². The van der Waals surface area contributed by atoms with Crippen molar-refractivity contribution in [2.75, 3.05) is 31.7 Å². The highest BCUT2D eigenvalue weighted by atomic mass is 35.5. The van der Waals surface area contributed by atoms with Crippen LogP contribution in [-0.4, -0.2) is 31.7 Å². The average molecular weight is 298 g/mol.